The summed E-state index contributed by atoms with van der Waals surface area (Å²) in [6, 6.07) is 15.5. The highest BCUT2D eigenvalue weighted by Crippen LogP contribution is 2.32. The van der Waals surface area contributed by atoms with Crippen molar-refractivity contribution in [2.24, 2.45) is 0 Å². The number of fused-ring (bicyclic) bond motifs is 1. The molecule has 152 valence electrons. The van der Waals surface area contributed by atoms with E-state index in [0.29, 0.717) is 34.3 Å². The van der Waals surface area contributed by atoms with E-state index in [9.17, 15) is 9.18 Å². The Kier molecular flexibility index (Phi) is 5.02. The van der Waals surface area contributed by atoms with Gasteiger partial charge in [-0.25, -0.2) is 9.37 Å². The molecule has 6 nitrogen and oxygen atoms in total. The summed E-state index contributed by atoms with van der Waals surface area (Å²) in [4.78, 5) is 19.5. The molecule has 5 rings (SSSR count). The van der Waals surface area contributed by atoms with Gasteiger partial charge in [0, 0.05) is 18.2 Å². The highest BCUT2D eigenvalue weighted by atomic mass is 32.1. The highest BCUT2D eigenvalue weighted by Gasteiger charge is 2.29. The number of carbonyl (C=O) groups is 1. The van der Waals surface area contributed by atoms with Crippen LogP contribution in [0, 0.1) is 5.82 Å². The van der Waals surface area contributed by atoms with Crippen molar-refractivity contribution in [3.8, 4) is 11.3 Å². The van der Waals surface area contributed by atoms with E-state index in [0.717, 1.165) is 18.4 Å². The molecule has 1 fully saturated rings. The van der Waals surface area contributed by atoms with Crippen LogP contribution in [0.3, 0.4) is 0 Å². The molecular weight excluding hydrogens is 405 g/mol. The monoisotopic (exact) mass is 423 g/mol. The smallest absolute Gasteiger partial charge is 0.282 e. The number of ether oxygens (including phenoxy) is 1. The number of hydrogen-bond donors (Lipinski definition) is 0. The molecule has 0 bridgehead atoms. The van der Waals surface area contributed by atoms with Crippen molar-refractivity contribution >= 4 is 32.6 Å². The van der Waals surface area contributed by atoms with Gasteiger partial charge in [0.05, 0.1) is 22.9 Å². The zero-order valence-corrected chi connectivity index (χ0v) is 16.8. The predicted octanol–water partition coefficient (Wildman–Crippen LogP) is 4.92. The third-order valence-corrected chi connectivity index (χ3v) is 6.05. The molecule has 2 aromatic heterocycles. The van der Waals surface area contributed by atoms with E-state index in [1.807, 2.05) is 30.3 Å². The van der Waals surface area contributed by atoms with Crippen LogP contribution in [-0.4, -0.2) is 35.3 Å². The fourth-order valence-electron chi connectivity index (χ4n) is 3.49. The number of aromatic nitrogens is 2. The van der Waals surface area contributed by atoms with Crippen LogP contribution in [0.5, 0.6) is 0 Å². The number of amides is 1. The van der Waals surface area contributed by atoms with Gasteiger partial charge in [-0.1, -0.05) is 46.8 Å². The number of thiazole rings is 1. The summed E-state index contributed by atoms with van der Waals surface area (Å²) in [6.07, 6.45) is 1.76. The number of nitrogens with zero attached hydrogens (tertiary/aromatic N) is 3. The van der Waals surface area contributed by atoms with E-state index in [4.69, 9.17) is 9.26 Å². The molecule has 1 unspecified atom stereocenters. The Bertz CT molecular complexity index is 1180. The van der Waals surface area contributed by atoms with Crippen LogP contribution < -0.4 is 4.90 Å². The van der Waals surface area contributed by atoms with Crippen LogP contribution in [0.2, 0.25) is 0 Å². The van der Waals surface area contributed by atoms with Gasteiger partial charge in [-0.2, -0.15) is 0 Å². The van der Waals surface area contributed by atoms with Crippen molar-refractivity contribution in [3.63, 3.8) is 0 Å². The first kappa shape index (κ1) is 18.9. The molecule has 1 saturated heterocycles. The average Bonchev–Trinajstić information content (AvgIpc) is 3.52. The minimum atomic E-state index is -0.335. The van der Waals surface area contributed by atoms with Crippen molar-refractivity contribution in [3.05, 3.63) is 66.1 Å². The van der Waals surface area contributed by atoms with Crippen LogP contribution in [0.15, 0.2) is 59.1 Å². The Morgan fingerprint density at radius 3 is 2.87 bits per heavy atom. The minimum Gasteiger partial charge on any atom is -0.376 e. The lowest BCUT2D eigenvalue weighted by Gasteiger charge is -2.21. The predicted molar refractivity (Wildman–Crippen MR) is 112 cm³/mol. The van der Waals surface area contributed by atoms with E-state index in [-0.39, 0.29) is 23.5 Å². The van der Waals surface area contributed by atoms with E-state index >= 15 is 0 Å². The minimum absolute atomic E-state index is 0.0711. The summed E-state index contributed by atoms with van der Waals surface area (Å²) in [6.45, 7) is 1.04. The Labute approximate surface area is 175 Å². The number of carbonyl (C=O) groups excluding carboxylic acids is 1. The lowest BCUT2D eigenvalue weighted by molar-refractivity contribution is 0.0910. The largest absolute Gasteiger partial charge is 0.376 e. The van der Waals surface area contributed by atoms with Gasteiger partial charge >= 0.3 is 0 Å². The quantitative estimate of drug-likeness (QED) is 0.456. The molecule has 4 aromatic rings. The second-order valence-electron chi connectivity index (χ2n) is 7.10. The SMILES string of the molecule is O=C(c1cc(-c2ccccc2)on1)N(CC1CCCO1)c1nc2ccc(F)cc2s1. The second-order valence-corrected chi connectivity index (χ2v) is 8.11. The topological polar surface area (TPSA) is 68.5 Å². The van der Waals surface area contributed by atoms with Gasteiger partial charge in [0.2, 0.25) is 0 Å². The van der Waals surface area contributed by atoms with E-state index in [2.05, 4.69) is 10.1 Å². The Morgan fingerprint density at radius 1 is 1.20 bits per heavy atom. The Balaban J connectivity index is 1.49. The van der Waals surface area contributed by atoms with Gasteiger partial charge in [0.1, 0.15) is 5.82 Å². The molecular formula is C22H18FN3O3S. The summed E-state index contributed by atoms with van der Waals surface area (Å²) < 4.78 is 25.4. The maximum atomic E-state index is 13.6. The molecule has 0 spiro atoms. The van der Waals surface area contributed by atoms with Crippen LogP contribution in [-0.2, 0) is 4.74 Å². The first-order chi connectivity index (χ1) is 14.7. The average molecular weight is 423 g/mol. The molecule has 1 aliphatic heterocycles. The highest BCUT2D eigenvalue weighted by molar-refractivity contribution is 7.22. The number of benzene rings is 2. The summed E-state index contributed by atoms with van der Waals surface area (Å²) in [5, 5.41) is 4.48. The molecule has 0 aliphatic carbocycles. The van der Waals surface area contributed by atoms with Crippen molar-refractivity contribution in [1.29, 1.82) is 0 Å². The molecule has 0 radical (unpaired) electrons. The van der Waals surface area contributed by atoms with Gasteiger partial charge in [0.15, 0.2) is 16.6 Å². The molecule has 1 atom stereocenters. The Morgan fingerprint density at radius 2 is 2.07 bits per heavy atom. The van der Waals surface area contributed by atoms with Crippen LogP contribution in [0.4, 0.5) is 9.52 Å². The van der Waals surface area contributed by atoms with Gasteiger partial charge in [-0.3, -0.25) is 9.69 Å². The fourth-order valence-corrected chi connectivity index (χ4v) is 4.49. The first-order valence-corrected chi connectivity index (χ1v) is 10.5. The summed E-state index contributed by atoms with van der Waals surface area (Å²) in [7, 11) is 0. The molecule has 1 aliphatic rings. The van der Waals surface area contributed by atoms with Crippen LogP contribution >= 0.6 is 11.3 Å². The standard InChI is InChI=1S/C22H18FN3O3S/c23-15-8-9-17-20(11-15)30-22(24-17)26(13-16-7-4-10-28-16)21(27)18-12-19(29-25-18)14-5-2-1-3-6-14/h1-3,5-6,8-9,11-12,16H,4,7,10,13H2. The molecule has 8 heteroatoms. The molecule has 30 heavy (non-hydrogen) atoms. The molecule has 1 amide bonds. The van der Waals surface area contributed by atoms with E-state index in [1.165, 1.54) is 23.5 Å². The molecule has 0 N–H and O–H groups in total. The lowest BCUT2D eigenvalue weighted by Crippen LogP contribution is -2.37. The summed E-state index contributed by atoms with van der Waals surface area (Å²) >= 11 is 1.27. The number of halogens is 1. The van der Waals surface area contributed by atoms with Gasteiger partial charge < -0.3 is 9.26 Å². The van der Waals surface area contributed by atoms with Crippen molar-refractivity contribution in [2.75, 3.05) is 18.1 Å². The maximum Gasteiger partial charge on any atom is 0.282 e. The normalized spacial score (nSPS) is 16.2. The third-order valence-electron chi connectivity index (χ3n) is 5.01. The summed E-state index contributed by atoms with van der Waals surface area (Å²) in [5.74, 6) is -0.142. The number of hydrogen-bond acceptors (Lipinski definition) is 6. The van der Waals surface area contributed by atoms with Crippen molar-refractivity contribution in [2.45, 2.75) is 18.9 Å². The zero-order valence-electron chi connectivity index (χ0n) is 16.0. The molecule has 3 heterocycles. The second kappa shape index (κ2) is 7.97. The lowest BCUT2D eigenvalue weighted by atomic mass is 10.1. The van der Waals surface area contributed by atoms with Crippen LogP contribution in [0.1, 0.15) is 23.3 Å². The van der Waals surface area contributed by atoms with Crippen LogP contribution in [0.25, 0.3) is 21.5 Å². The van der Waals surface area contributed by atoms with Crippen molar-refractivity contribution in [1.82, 2.24) is 10.1 Å². The van der Waals surface area contributed by atoms with E-state index < -0.39 is 0 Å². The molecule has 2 aromatic carbocycles. The van der Waals surface area contributed by atoms with Gasteiger partial charge in [0.25, 0.3) is 5.91 Å². The third kappa shape index (κ3) is 3.71. The number of anilines is 1. The Hall–Kier alpha value is -3.10. The first-order valence-electron chi connectivity index (χ1n) is 9.69. The molecule has 0 saturated carbocycles. The van der Waals surface area contributed by atoms with Gasteiger partial charge in [-0.15, -0.1) is 0 Å². The van der Waals surface area contributed by atoms with E-state index in [1.54, 1.807) is 17.0 Å². The number of rotatable bonds is 5. The van der Waals surface area contributed by atoms with Crippen molar-refractivity contribution < 1.29 is 18.4 Å². The van der Waals surface area contributed by atoms with Gasteiger partial charge in [-0.05, 0) is 31.0 Å². The summed E-state index contributed by atoms with van der Waals surface area (Å²) in [5.41, 5.74) is 1.68. The zero-order chi connectivity index (χ0) is 20.5. The maximum absolute atomic E-state index is 13.6. The fraction of sp³-hybridized carbons (Fsp3) is 0.227.